The molecule has 0 amide bonds. The molecule has 1 spiro atoms. The number of piperidine rings is 1. The van der Waals surface area contributed by atoms with E-state index in [4.69, 9.17) is 0 Å². The maximum absolute atomic E-state index is 14.1. The summed E-state index contributed by atoms with van der Waals surface area (Å²) in [4.78, 5) is 0. The fourth-order valence-electron chi connectivity index (χ4n) is 3.65. The molecule has 1 saturated carbocycles. The first-order valence-electron chi connectivity index (χ1n) is 6.98. The third-order valence-electron chi connectivity index (χ3n) is 4.80. The lowest BCUT2D eigenvalue weighted by molar-refractivity contribution is -0.140. The van der Waals surface area contributed by atoms with Crippen molar-refractivity contribution in [3.05, 3.63) is 35.1 Å². The number of benzene rings is 1. The molecule has 1 heterocycles. The summed E-state index contributed by atoms with van der Waals surface area (Å²) in [5, 5.41) is 3.28. The highest BCUT2D eigenvalue weighted by Gasteiger charge is 2.46. The van der Waals surface area contributed by atoms with E-state index < -0.39 is 17.6 Å². The summed E-state index contributed by atoms with van der Waals surface area (Å²) in [5.41, 5.74) is -0.665. The molecule has 1 N–H and O–H groups in total. The number of nitrogens with one attached hydrogen (secondary N) is 1. The van der Waals surface area contributed by atoms with E-state index in [9.17, 15) is 17.6 Å². The summed E-state index contributed by atoms with van der Waals surface area (Å²) < 4.78 is 52.2. The van der Waals surface area contributed by atoms with Crippen LogP contribution in [-0.2, 0) is 6.18 Å². The third kappa shape index (κ3) is 2.32. The molecular weight excluding hydrogens is 270 g/mol. The summed E-state index contributed by atoms with van der Waals surface area (Å²) in [6.45, 7) is 1.91. The van der Waals surface area contributed by atoms with Gasteiger partial charge in [0.2, 0.25) is 0 Å². The third-order valence-corrected chi connectivity index (χ3v) is 4.80. The van der Waals surface area contributed by atoms with Gasteiger partial charge in [0.05, 0.1) is 5.56 Å². The maximum atomic E-state index is 14.1. The molecular formula is C15H17F4N. The zero-order valence-corrected chi connectivity index (χ0v) is 11.1. The molecule has 1 aromatic carbocycles. The lowest BCUT2D eigenvalue weighted by atomic mass is 9.56. The predicted octanol–water partition coefficient (Wildman–Crippen LogP) is 4.09. The van der Waals surface area contributed by atoms with Gasteiger partial charge in [-0.1, -0.05) is 12.1 Å². The quantitative estimate of drug-likeness (QED) is 0.767. The van der Waals surface area contributed by atoms with E-state index in [1.54, 1.807) is 0 Å². The maximum Gasteiger partial charge on any atom is 0.419 e. The smallest absolute Gasteiger partial charge is 0.317 e. The summed E-state index contributed by atoms with van der Waals surface area (Å²) in [6, 6.07) is 3.63. The van der Waals surface area contributed by atoms with Crippen molar-refractivity contribution in [3.8, 4) is 0 Å². The van der Waals surface area contributed by atoms with Crippen LogP contribution in [0.25, 0.3) is 0 Å². The molecule has 2 fully saturated rings. The van der Waals surface area contributed by atoms with Crippen LogP contribution in [0.2, 0.25) is 0 Å². The second-order valence-electron chi connectivity index (χ2n) is 6.06. The first-order chi connectivity index (χ1) is 9.41. The van der Waals surface area contributed by atoms with Gasteiger partial charge in [0.15, 0.2) is 0 Å². The van der Waals surface area contributed by atoms with E-state index in [1.807, 2.05) is 0 Å². The molecule has 1 aliphatic heterocycles. The van der Waals surface area contributed by atoms with Crippen LogP contribution in [0.3, 0.4) is 0 Å². The van der Waals surface area contributed by atoms with Crippen LogP contribution >= 0.6 is 0 Å². The molecule has 1 aliphatic carbocycles. The van der Waals surface area contributed by atoms with E-state index in [0.29, 0.717) is 0 Å². The minimum absolute atomic E-state index is 0.0598. The number of halogens is 4. The molecule has 0 radical (unpaired) electrons. The van der Waals surface area contributed by atoms with Crippen LogP contribution in [0.1, 0.15) is 42.7 Å². The van der Waals surface area contributed by atoms with Gasteiger partial charge in [-0.3, -0.25) is 0 Å². The molecule has 110 valence electrons. The van der Waals surface area contributed by atoms with Crippen LogP contribution in [0, 0.1) is 11.2 Å². The Kier molecular flexibility index (Phi) is 3.27. The highest BCUT2D eigenvalue weighted by atomic mass is 19.4. The van der Waals surface area contributed by atoms with Crippen LogP contribution in [0.4, 0.5) is 17.6 Å². The van der Waals surface area contributed by atoms with E-state index >= 15 is 0 Å². The van der Waals surface area contributed by atoms with Crippen LogP contribution in [0.15, 0.2) is 18.2 Å². The number of hydrogen-bond acceptors (Lipinski definition) is 1. The van der Waals surface area contributed by atoms with Gasteiger partial charge >= 0.3 is 6.18 Å². The van der Waals surface area contributed by atoms with E-state index in [-0.39, 0.29) is 16.9 Å². The minimum atomic E-state index is -4.61. The zero-order chi connectivity index (χ0) is 14.4. The van der Waals surface area contributed by atoms with Crippen molar-refractivity contribution in [1.29, 1.82) is 0 Å². The minimum Gasteiger partial charge on any atom is -0.317 e. The Morgan fingerprint density at radius 2 is 1.75 bits per heavy atom. The molecule has 0 unspecified atom stereocenters. The molecule has 20 heavy (non-hydrogen) atoms. The van der Waals surface area contributed by atoms with Crippen molar-refractivity contribution >= 4 is 0 Å². The largest absolute Gasteiger partial charge is 0.419 e. The number of rotatable bonds is 1. The Morgan fingerprint density at radius 1 is 1.10 bits per heavy atom. The fourth-order valence-corrected chi connectivity index (χ4v) is 3.65. The summed E-state index contributed by atoms with van der Waals surface area (Å²) in [7, 11) is 0. The van der Waals surface area contributed by atoms with Gasteiger partial charge in [0.25, 0.3) is 0 Å². The van der Waals surface area contributed by atoms with E-state index in [2.05, 4.69) is 5.32 Å². The van der Waals surface area contributed by atoms with Crippen molar-refractivity contribution in [1.82, 2.24) is 5.32 Å². The fraction of sp³-hybridized carbons (Fsp3) is 0.600. The topological polar surface area (TPSA) is 12.0 Å². The monoisotopic (exact) mass is 287 g/mol. The van der Waals surface area contributed by atoms with Crippen molar-refractivity contribution < 1.29 is 17.6 Å². The van der Waals surface area contributed by atoms with Crippen molar-refractivity contribution in [3.63, 3.8) is 0 Å². The number of alkyl halides is 3. The van der Waals surface area contributed by atoms with Crippen LogP contribution in [0.5, 0.6) is 0 Å². The first-order valence-corrected chi connectivity index (χ1v) is 6.98. The lowest BCUT2D eigenvalue weighted by Crippen LogP contribution is -2.44. The van der Waals surface area contributed by atoms with Gasteiger partial charge in [0, 0.05) is 0 Å². The first kappa shape index (κ1) is 13.9. The van der Waals surface area contributed by atoms with Crippen molar-refractivity contribution in [2.24, 2.45) is 5.41 Å². The second kappa shape index (κ2) is 4.72. The van der Waals surface area contributed by atoms with Gasteiger partial charge in [-0.05, 0) is 61.7 Å². The molecule has 1 nitrogen and oxygen atoms in total. The van der Waals surface area contributed by atoms with E-state index in [1.165, 1.54) is 12.1 Å². The SMILES string of the molecule is Fc1c(C2CC3(CCNCC3)C2)cccc1C(F)(F)F. The van der Waals surface area contributed by atoms with Gasteiger partial charge in [0.1, 0.15) is 5.82 Å². The Hall–Kier alpha value is -1.10. The average Bonchev–Trinajstić information content (AvgIpc) is 2.36. The normalized spacial score (nSPS) is 22.8. The van der Waals surface area contributed by atoms with Crippen LogP contribution in [-0.4, -0.2) is 13.1 Å². The molecule has 0 atom stereocenters. The highest BCUT2D eigenvalue weighted by Crippen LogP contribution is 2.56. The van der Waals surface area contributed by atoms with Crippen LogP contribution < -0.4 is 5.32 Å². The zero-order valence-electron chi connectivity index (χ0n) is 11.1. The second-order valence-corrected chi connectivity index (χ2v) is 6.06. The summed E-state index contributed by atoms with van der Waals surface area (Å²) in [6.07, 6.45) is -0.899. The molecule has 0 bridgehead atoms. The molecule has 3 rings (SSSR count). The lowest BCUT2D eigenvalue weighted by Gasteiger charge is -2.50. The molecule has 1 saturated heterocycles. The van der Waals surface area contributed by atoms with Gasteiger partial charge in [-0.25, -0.2) is 4.39 Å². The number of hydrogen-bond donors (Lipinski definition) is 1. The molecule has 2 aliphatic rings. The molecule has 0 aromatic heterocycles. The van der Waals surface area contributed by atoms with Gasteiger partial charge in [-0.2, -0.15) is 13.2 Å². The van der Waals surface area contributed by atoms with Crippen molar-refractivity contribution in [2.75, 3.05) is 13.1 Å². The van der Waals surface area contributed by atoms with Gasteiger partial charge < -0.3 is 5.32 Å². The summed E-state index contributed by atoms with van der Waals surface area (Å²) >= 11 is 0. The Bertz CT molecular complexity index is 495. The molecule has 1 aromatic rings. The standard InChI is InChI=1S/C15H17F4N/c16-13-11(2-1-3-12(13)15(17,18)19)10-8-14(9-10)4-6-20-7-5-14/h1-3,10,20H,4-9H2. The van der Waals surface area contributed by atoms with E-state index in [0.717, 1.165) is 44.8 Å². The molecule has 5 heteroatoms. The Morgan fingerprint density at radius 3 is 2.35 bits per heavy atom. The van der Waals surface area contributed by atoms with Crippen molar-refractivity contribution in [2.45, 2.75) is 37.8 Å². The summed E-state index contributed by atoms with van der Waals surface area (Å²) in [5.74, 6) is -1.14. The Labute approximate surface area is 115 Å². The van der Waals surface area contributed by atoms with Gasteiger partial charge in [-0.15, -0.1) is 0 Å². The highest BCUT2D eigenvalue weighted by molar-refractivity contribution is 5.32. The predicted molar refractivity (Wildman–Crippen MR) is 67.9 cm³/mol. The Balaban J connectivity index is 1.79. The average molecular weight is 287 g/mol.